The number of halogens is 2. The summed E-state index contributed by atoms with van der Waals surface area (Å²) in [6.07, 6.45) is 0.0691. The normalized spacial score (nSPS) is 19.4. The summed E-state index contributed by atoms with van der Waals surface area (Å²) in [5, 5.41) is 0. The third-order valence-electron chi connectivity index (χ3n) is 3.57. The number of aromatic nitrogens is 1. The number of likely N-dealkylation sites (tertiary alicyclic amines) is 1. The SMILES string of the molecule is CC(C)(C)OC(=O)N1CCCC(c2ncccc2C(F)F)C1. The average molecular weight is 312 g/mol. The van der Waals surface area contributed by atoms with Gasteiger partial charge in [0.2, 0.25) is 0 Å². The molecule has 6 heteroatoms. The quantitative estimate of drug-likeness (QED) is 0.824. The Kier molecular flexibility index (Phi) is 4.98. The summed E-state index contributed by atoms with van der Waals surface area (Å²) < 4.78 is 31.6. The molecule has 0 aromatic carbocycles. The number of amides is 1. The van der Waals surface area contributed by atoms with E-state index < -0.39 is 18.1 Å². The number of piperidine rings is 1. The van der Waals surface area contributed by atoms with Crippen LogP contribution in [0.2, 0.25) is 0 Å². The van der Waals surface area contributed by atoms with Crippen LogP contribution in [-0.4, -0.2) is 34.7 Å². The number of carbonyl (C=O) groups excluding carboxylic acids is 1. The first kappa shape index (κ1) is 16.6. The lowest BCUT2D eigenvalue weighted by Gasteiger charge is -2.34. The lowest BCUT2D eigenvalue weighted by Crippen LogP contribution is -2.42. The lowest BCUT2D eigenvalue weighted by molar-refractivity contribution is 0.0196. The summed E-state index contributed by atoms with van der Waals surface area (Å²) in [6.45, 7) is 6.37. The zero-order valence-corrected chi connectivity index (χ0v) is 13.2. The molecular weight excluding hydrogens is 290 g/mol. The van der Waals surface area contributed by atoms with Crippen molar-refractivity contribution in [1.82, 2.24) is 9.88 Å². The van der Waals surface area contributed by atoms with Crippen LogP contribution in [0.1, 0.15) is 57.2 Å². The highest BCUT2D eigenvalue weighted by Gasteiger charge is 2.31. The molecule has 1 aromatic heterocycles. The Morgan fingerprint density at radius 2 is 2.18 bits per heavy atom. The fraction of sp³-hybridized carbons (Fsp3) is 0.625. The first-order valence-electron chi connectivity index (χ1n) is 7.49. The molecule has 0 saturated carbocycles. The number of rotatable bonds is 2. The highest BCUT2D eigenvalue weighted by molar-refractivity contribution is 5.68. The van der Waals surface area contributed by atoms with Gasteiger partial charge in [0.05, 0.1) is 5.69 Å². The molecular formula is C16H22F2N2O2. The second-order valence-electron chi connectivity index (χ2n) is 6.54. The number of nitrogens with zero attached hydrogens (tertiary/aromatic N) is 2. The largest absolute Gasteiger partial charge is 0.444 e. The van der Waals surface area contributed by atoms with E-state index in [-0.39, 0.29) is 11.5 Å². The van der Waals surface area contributed by atoms with Gasteiger partial charge in [-0.2, -0.15) is 0 Å². The van der Waals surface area contributed by atoms with E-state index in [4.69, 9.17) is 4.74 Å². The van der Waals surface area contributed by atoms with Crippen molar-refractivity contribution in [2.45, 2.75) is 51.6 Å². The smallest absolute Gasteiger partial charge is 0.410 e. The first-order valence-corrected chi connectivity index (χ1v) is 7.49. The molecule has 1 fully saturated rings. The van der Waals surface area contributed by atoms with Crippen LogP contribution in [0.5, 0.6) is 0 Å². The molecule has 1 aliphatic heterocycles. The number of ether oxygens (including phenoxy) is 1. The van der Waals surface area contributed by atoms with Gasteiger partial charge >= 0.3 is 6.09 Å². The standard InChI is InChI=1S/C16H22F2N2O2/c1-16(2,3)22-15(21)20-9-5-6-11(10-20)13-12(14(17)18)7-4-8-19-13/h4,7-8,11,14H,5-6,9-10H2,1-3H3. The Bertz CT molecular complexity index is 529. The molecule has 22 heavy (non-hydrogen) atoms. The molecule has 1 amide bonds. The predicted molar refractivity (Wildman–Crippen MR) is 79.0 cm³/mol. The van der Waals surface area contributed by atoms with E-state index in [0.717, 1.165) is 12.8 Å². The van der Waals surface area contributed by atoms with E-state index in [1.165, 1.54) is 18.3 Å². The Morgan fingerprint density at radius 1 is 1.45 bits per heavy atom. The second-order valence-corrected chi connectivity index (χ2v) is 6.54. The lowest BCUT2D eigenvalue weighted by atomic mass is 9.92. The molecule has 1 saturated heterocycles. The average Bonchev–Trinajstić information content (AvgIpc) is 2.45. The van der Waals surface area contributed by atoms with Crippen molar-refractivity contribution in [1.29, 1.82) is 0 Å². The molecule has 0 N–H and O–H groups in total. The Balaban J connectivity index is 2.13. The summed E-state index contributed by atoms with van der Waals surface area (Å²) in [5.41, 5.74) is -0.215. The van der Waals surface area contributed by atoms with Crippen LogP contribution in [0.3, 0.4) is 0 Å². The van der Waals surface area contributed by atoms with Gasteiger partial charge in [0.15, 0.2) is 0 Å². The molecule has 1 aliphatic rings. The molecule has 2 rings (SSSR count). The van der Waals surface area contributed by atoms with Gasteiger partial charge in [0, 0.05) is 30.8 Å². The molecule has 0 spiro atoms. The molecule has 0 aliphatic carbocycles. The van der Waals surface area contributed by atoms with E-state index in [9.17, 15) is 13.6 Å². The highest BCUT2D eigenvalue weighted by Crippen LogP contribution is 2.32. The van der Waals surface area contributed by atoms with Gasteiger partial charge in [-0.25, -0.2) is 13.6 Å². The van der Waals surface area contributed by atoms with Crippen LogP contribution in [0.15, 0.2) is 18.3 Å². The van der Waals surface area contributed by atoms with Gasteiger partial charge in [0.25, 0.3) is 6.43 Å². The number of pyridine rings is 1. The van der Waals surface area contributed by atoms with Gasteiger partial charge in [-0.1, -0.05) is 0 Å². The molecule has 0 radical (unpaired) electrons. The number of carbonyl (C=O) groups is 1. The molecule has 1 aromatic rings. The van der Waals surface area contributed by atoms with Crippen molar-refractivity contribution in [2.75, 3.05) is 13.1 Å². The van der Waals surface area contributed by atoms with E-state index in [1.807, 2.05) is 0 Å². The maximum atomic E-state index is 13.1. The zero-order chi connectivity index (χ0) is 16.3. The third-order valence-corrected chi connectivity index (χ3v) is 3.57. The first-order chi connectivity index (χ1) is 10.3. The minimum Gasteiger partial charge on any atom is -0.444 e. The molecule has 122 valence electrons. The molecule has 1 unspecified atom stereocenters. The van der Waals surface area contributed by atoms with Gasteiger partial charge in [-0.3, -0.25) is 4.98 Å². The molecule has 0 bridgehead atoms. The summed E-state index contributed by atoms with van der Waals surface area (Å²) in [7, 11) is 0. The van der Waals surface area contributed by atoms with E-state index in [2.05, 4.69) is 4.98 Å². The maximum absolute atomic E-state index is 13.1. The number of hydrogen-bond donors (Lipinski definition) is 0. The monoisotopic (exact) mass is 312 g/mol. The van der Waals surface area contributed by atoms with Crippen molar-refractivity contribution in [3.8, 4) is 0 Å². The maximum Gasteiger partial charge on any atom is 0.410 e. The van der Waals surface area contributed by atoms with Crippen LogP contribution < -0.4 is 0 Å². The van der Waals surface area contributed by atoms with Crippen LogP contribution >= 0.6 is 0 Å². The van der Waals surface area contributed by atoms with Crippen LogP contribution in [0.25, 0.3) is 0 Å². The fourth-order valence-electron chi connectivity index (χ4n) is 2.65. The Labute approximate surface area is 129 Å². The van der Waals surface area contributed by atoms with Gasteiger partial charge in [-0.15, -0.1) is 0 Å². The van der Waals surface area contributed by atoms with Crippen molar-refractivity contribution in [3.63, 3.8) is 0 Å². The molecule has 4 nitrogen and oxygen atoms in total. The van der Waals surface area contributed by atoms with Crippen LogP contribution in [0.4, 0.5) is 13.6 Å². The van der Waals surface area contributed by atoms with Crippen molar-refractivity contribution in [3.05, 3.63) is 29.6 Å². The van der Waals surface area contributed by atoms with Crippen LogP contribution in [-0.2, 0) is 4.74 Å². The summed E-state index contributed by atoms with van der Waals surface area (Å²) >= 11 is 0. The minimum atomic E-state index is -2.55. The van der Waals surface area contributed by atoms with Crippen molar-refractivity contribution in [2.24, 2.45) is 0 Å². The van der Waals surface area contributed by atoms with Crippen molar-refractivity contribution < 1.29 is 18.3 Å². The van der Waals surface area contributed by atoms with E-state index in [1.54, 1.807) is 25.7 Å². The van der Waals surface area contributed by atoms with Crippen LogP contribution in [0, 0.1) is 0 Å². The minimum absolute atomic E-state index is 0.0430. The summed E-state index contributed by atoms with van der Waals surface area (Å²) in [4.78, 5) is 17.9. The van der Waals surface area contributed by atoms with E-state index >= 15 is 0 Å². The number of hydrogen-bond acceptors (Lipinski definition) is 3. The Morgan fingerprint density at radius 3 is 2.82 bits per heavy atom. The van der Waals surface area contributed by atoms with Gasteiger partial charge < -0.3 is 9.64 Å². The summed E-state index contributed by atoms with van der Waals surface area (Å²) in [6, 6.07) is 2.92. The van der Waals surface area contributed by atoms with Gasteiger partial charge in [0.1, 0.15) is 5.60 Å². The zero-order valence-electron chi connectivity index (χ0n) is 13.2. The van der Waals surface area contributed by atoms with Gasteiger partial charge in [-0.05, 0) is 45.7 Å². The Hall–Kier alpha value is -1.72. The predicted octanol–water partition coefficient (Wildman–Crippen LogP) is 4.13. The second kappa shape index (κ2) is 6.58. The molecule has 2 heterocycles. The molecule has 1 atom stereocenters. The van der Waals surface area contributed by atoms with Crippen molar-refractivity contribution >= 4 is 6.09 Å². The topological polar surface area (TPSA) is 42.4 Å². The number of alkyl halides is 2. The fourth-order valence-corrected chi connectivity index (χ4v) is 2.65. The third kappa shape index (κ3) is 4.15. The van der Waals surface area contributed by atoms with E-state index in [0.29, 0.717) is 18.8 Å². The highest BCUT2D eigenvalue weighted by atomic mass is 19.3. The summed E-state index contributed by atoms with van der Waals surface area (Å²) in [5.74, 6) is -0.175.